The summed E-state index contributed by atoms with van der Waals surface area (Å²) in [6.07, 6.45) is 1.63. The molecule has 0 spiro atoms. The summed E-state index contributed by atoms with van der Waals surface area (Å²) in [5, 5.41) is 5.63. The third-order valence-electron chi connectivity index (χ3n) is 2.88. The van der Waals surface area contributed by atoms with Gasteiger partial charge in [0.1, 0.15) is 11.6 Å². The molecule has 23 heavy (non-hydrogen) atoms. The summed E-state index contributed by atoms with van der Waals surface area (Å²) >= 11 is 11.8. The number of benzene rings is 1. The fraction of sp³-hybridized carbons (Fsp3) is 0.133. The topological polar surface area (TPSA) is 63.2 Å². The minimum Gasteiger partial charge on any atom is -0.496 e. The Morgan fingerprint density at radius 3 is 2.61 bits per heavy atom. The number of carbonyl (C=O) groups excluding carboxylic acids is 1. The van der Waals surface area contributed by atoms with E-state index in [1.807, 2.05) is 19.1 Å². The number of anilines is 1. The first kappa shape index (κ1) is 17.8. The van der Waals surface area contributed by atoms with E-state index >= 15 is 0 Å². The number of rotatable bonds is 3. The highest BCUT2D eigenvalue weighted by Gasteiger charge is 2.16. The Balaban J connectivity index is 2.12. The molecule has 8 heteroatoms. The first-order chi connectivity index (χ1) is 10.9. The maximum Gasteiger partial charge on any atom is 0.261 e. The van der Waals surface area contributed by atoms with E-state index in [0.29, 0.717) is 17.1 Å². The number of aryl methyl sites for hydroxylation is 1. The summed E-state index contributed by atoms with van der Waals surface area (Å²) in [5.41, 5.74) is 1.24. The summed E-state index contributed by atoms with van der Waals surface area (Å²) in [5.74, 6) is 0.687. The highest BCUT2D eigenvalue weighted by atomic mass is 79.9. The van der Waals surface area contributed by atoms with E-state index in [1.165, 1.54) is 7.11 Å². The molecule has 0 radical (unpaired) electrons. The Hall–Kier alpha value is -1.51. The predicted octanol–water partition coefficient (Wildman–Crippen LogP) is 4.05. The van der Waals surface area contributed by atoms with Gasteiger partial charge in [0.15, 0.2) is 5.11 Å². The van der Waals surface area contributed by atoms with Gasteiger partial charge in [0.2, 0.25) is 0 Å². The molecule has 0 bridgehead atoms. The molecule has 1 aromatic heterocycles. The fourth-order valence-corrected chi connectivity index (χ4v) is 2.94. The number of pyridine rings is 1. The number of ether oxygens (including phenoxy) is 1. The average molecular weight is 459 g/mol. The van der Waals surface area contributed by atoms with Crippen LogP contribution in [0.2, 0.25) is 0 Å². The lowest BCUT2D eigenvalue weighted by Gasteiger charge is -2.13. The number of thiocarbonyl (C=S) groups is 1. The molecule has 0 aliphatic rings. The van der Waals surface area contributed by atoms with Gasteiger partial charge in [-0.3, -0.25) is 10.1 Å². The minimum absolute atomic E-state index is 0.157. The van der Waals surface area contributed by atoms with Crippen molar-refractivity contribution < 1.29 is 9.53 Å². The van der Waals surface area contributed by atoms with Crippen molar-refractivity contribution in [2.75, 3.05) is 12.4 Å². The van der Waals surface area contributed by atoms with Crippen LogP contribution in [0, 0.1) is 6.92 Å². The number of nitrogens with zero attached hydrogens (tertiary/aromatic N) is 1. The second-order valence-electron chi connectivity index (χ2n) is 4.57. The van der Waals surface area contributed by atoms with Crippen molar-refractivity contribution >= 4 is 60.9 Å². The predicted molar refractivity (Wildman–Crippen MR) is 101 cm³/mol. The van der Waals surface area contributed by atoms with Gasteiger partial charge in [0, 0.05) is 15.1 Å². The molecule has 0 saturated heterocycles. The Kier molecular flexibility index (Phi) is 6.09. The lowest BCUT2D eigenvalue weighted by atomic mass is 10.1. The lowest BCUT2D eigenvalue weighted by molar-refractivity contribution is 0.0974. The van der Waals surface area contributed by atoms with Gasteiger partial charge in [-0.25, -0.2) is 4.98 Å². The van der Waals surface area contributed by atoms with Crippen LogP contribution in [-0.4, -0.2) is 23.1 Å². The maximum atomic E-state index is 12.4. The molecule has 0 atom stereocenters. The molecule has 0 fully saturated rings. The zero-order valence-corrected chi connectivity index (χ0v) is 16.3. The van der Waals surface area contributed by atoms with Crippen molar-refractivity contribution in [1.29, 1.82) is 0 Å². The molecule has 2 aromatic rings. The molecule has 0 saturated carbocycles. The first-order valence-electron chi connectivity index (χ1n) is 6.48. The zero-order valence-electron chi connectivity index (χ0n) is 12.3. The number of halogens is 2. The Bertz CT molecular complexity index is 751. The monoisotopic (exact) mass is 457 g/mol. The Morgan fingerprint density at radius 2 is 2.00 bits per heavy atom. The standard InChI is InChI=1S/C15H13Br2N3O2S/c1-8-5-10(17)6-11(13(8)22-2)14(21)20-15(23)19-12-4-3-9(16)7-18-12/h3-7H,1-2H3,(H2,18,19,20,21,23). The Labute approximate surface area is 156 Å². The van der Waals surface area contributed by atoms with Crippen LogP contribution >= 0.6 is 44.1 Å². The maximum absolute atomic E-state index is 12.4. The molecular formula is C15H13Br2N3O2S. The van der Waals surface area contributed by atoms with Gasteiger partial charge in [-0.15, -0.1) is 0 Å². The number of methoxy groups -OCH3 is 1. The van der Waals surface area contributed by atoms with E-state index in [2.05, 4.69) is 47.5 Å². The van der Waals surface area contributed by atoms with Crippen molar-refractivity contribution in [3.8, 4) is 5.75 Å². The van der Waals surface area contributed by atoms with E-state index in [9.17, 15) is 4.79 Å². The molecular weight excluding hydrogens is 446 g/mol. The number of nitrogens with one attached hydrogen (secondary N) is 2. The second kappa shape index (κ2) is 7.85. The molecule has 2 rings (SSSR count). The van der Waals surface area contributed by atoms with Gasteiger partial charge in [-0.2, -0.15) is 0 Å². The van der Waals surface area contributed by atoms with Crippen LogP contribution in [0.15, 0.2) is 39.4 Å². The van der Waals surface area contributed by atoms with E-state index in [4.69, 9.17) is 17.0 Å². The lowest BCUT2D eigenvalue weighted by Crippen LogP contribution is -2.34. The number of carbonyl (C=O) groups is 1. The summed E-state index contributed by atoms with van der Waals surface area (Å²) in [4.78, 5) is 16.5. The van der Waals surface area contributed by atoms with Gasteiger partial charge in [0.25, 0.3) is 5.91 Å². The van der Waals surface area contributed by atoms with Crippen LogP contribution in [0.5, 0.6) is 5.75 Å². The van der Waals surface area contributed by atoms with Crippen molar-refractivity contribution in [2.45, 2.75) is 6.92 Å². The first-order valence-corrected chi connectivity index (χ1v) is 8.48. The van der Waals surface area contributed by atoms with Crippen molar-refractivity contribution in [2.24, 2.45) is 0 Å². The fourth-order valence-electron chi connectivity index (χ4n) is 1.94. The number of hydrogen-bond acceptors (Lipinski definition) is 4. The molecule has 5 nitrogen and oxygen atoms in total. The molecule has 1 amide bonds. The van der Waals surface area contributed by atoms with Crippen LogP contribution in [0.3, 0.4) is 0 Å². The van der Waals surface area contributed by atoms with Gasteiger partial charge in [-0.05, 0) is 64.9 Å². The molecule has 0 aliphatic carbocycles. The second-order valence-corrected chi connectivity index (χ2v) is 6.81. The van der Waals surface area contributed by atoms with E-state index < -0.39 is 0 Å². The van der Waals surface area contributed by atoms with Crippen molar-refractivity contribution in [3.05, 3.63) is 50.5 Å². The van der Waals surface area contributed by atoms with Crippen LogP contribution in [0.4, 0.5) is 5.82 Å². The van der Waals surface area contributed by atoms with E-state index in [-0.39, 0.29) is 11.0 Å². The summed E-state index contributed by atoms with van der Waals surface area (Å²) in [6.45, 7) is 1.86. The van der Waals surface area contributed by atoms with Crippen LogP contribution in [0.25, 0.3) is 0 Å². The third kappa shape index (κ3) is 4.73. The number of amides is 1. The SMILES string of the molecule is COc1c(C)cc(Br)cc1C(=O)NC(=S)Nc1ccc(Br)cn1. The van der Waals surface area contributed by atoms with E-state index in [1.54, 1.807) is 18.3 Å². The average Bonchev–Trinajstić information content (AvgIpc) is 2.48. The summed E-state index contributed by atoms with van der Waals surface area (Å²) < 4.78 is 6.94. The molecule has 1 heterocycles. The third-order valence-corrected chi connectivity index (χ3v) is 4.02. The van der Waals surface area contributed by atoms with Gasteiger partial charge in [-0.1, -0.05) is 15.9 Å². The largest absolute Gasteiger partial charge is 0.496 e. The highest BCUT2D eigenvalue weighted by molar-refractivity contribution is 9.10. The molecule has 120 valence electrons. The van der Waals surface area contributed by atoms with Crippen LogP contribution < -0.4 is 15.4 Å². The van der Waals surface area contributed by atoms with Gasteiger partial charge >= 0.3 is 0 Å². The summed E-state index contributed by atoms with van der Waals surface area (Å²) in [7, 11) is 1.52. The van der Waals surface area contributed by atoms with Crippen LogP contribution in [-0.2, 0) is 0 Å². The van der Waals surface area contributed by atoms with Crippen molar-refractivity contribution in [3.63, 3.8) is 0 Å². The van der Waals surface area contributed by atoms with Gasteiger partial charge < -0.3 is 10.1 Å². The van der Waals surface area contributed by atoms with Crippen LogP contribution in [0.1, 0.15) is 15.9 Å². The summed E-state index contributed by atoms with van der Waals surface area (Å²) in [6, 6.07) is 7.12. The molecule has 2 N–H and O–H groups in total. The van der Waals surface area contributed by atoms with E-state index in [0.717, 1.165) is 14.5 Å². The van der Waals surface area contributed by atoms with Crippen molar-refractivity contribution in [1.82, 2.24) is 10.3 Å². The number of aromatic nitrogens is 1. The Morgan fingerprint density at radius 1 is 1.26 bits per heavy atom. The van der Waals surface area contributed by atoms with Gasteiger partial charge in [0.05, 0.1) is 12.7 Å². The zero-order chi connectivity index (χ0) is 17.0. The quantitative estimate of drug-likeness (QED) is 0.679. The highest BCUT2D eigenvalue weighted by Crippen LogP contribution is 2.27. The number of hydrogen-bond donors (Lipinski definition) is 2. The molecule has 1 aromatic carbocycles. The smallest absolute Gasteiger partial charge is 0.261 e. The molecule has 0 aliphatic heterocycles. The molecule has 0 unspecified atom stereocenters. The minimum atomic E-state index is -0.360. The normalized spacial score (nSPS) is 10.1.